The first kappa shape index (κ1) is 9.32. The number of sulfonamides is 1. The van der Waals surface area contributed by atoms with Gasteiger partial charge in [0.05, 0.1) is 6.26 Å². The largest absolute Gasteiger partial charge is 0.277 e. The fourth-order valence-corrected chi connectivity index (χ4v) is 1.64. The van der Waals surface area contributed by atoms with Gasteiger partial charge in [0, 0.05) is 12.7 Å². The molecule has 0 heterocycles. The molecule has 0 bridgehead atoms. The molecule has 0 aromatic heterocycles. The highest BCUT2D eigenvalue weighted by atomic mass is 32.2. The molecule has 0 unspecified atom stereocenters. The van der Waals surface area contributed by atoms with Crippen LogP contribution in [0.1, 0.15) is 12.8 Å². The van der Waals surface area contributed by atoms with Crippen LogP contribution in [0.4, 0.5) is 0 Å². The van der Waals surface area contributed by atoms with Gasteiger partial charge in [0.15, 0.2) is 0 Å². The third-order valence-corrected chi connectivity index (χ3v) is 3.12. The molecule has 3 nitrogen and oxygen atoms in total. The van der Waals surface area contributed by atoms with E-state index in [-0.39, 0.29) is 0 Å². The lowest BCUT2D eigenvalue weighted by Gasteiger charge is -2.20. The summed E-state index contributed by atoms with van der Waals surface area (Å²) in [5.74, 6) is 0. The summed E-state index contributed by atoms with van der Waals surface area (Å²) < 4.78 is 23.5. The summed E-state index contributed by atoms with van der Waals surface area (Å²) in [6, 6.07) is 0. The van der Waals surface area contributed by atoms with Gasteiger partial charge in [-0.2, -0.15) is 0 Å². The Morgan fingerprint density at radius 1 is 1.50 bits per heavy atom. The maximum absolute atomic E-state index is 11.1. The average Bonchev–Trinajstić information content (AvgIpc) is 2.03. The molecular formula is C8H13NO2S. The van der Waals surface area contributed by atoms with Gasteiger partial charge in [0.2, 0.25) is 10.0 Å². The highest BCUT2D eigenvalue weighted by Gasteiger charge is 2.14. The van der Waals surface area contributed by atoms with Crippen molar-refractivity contribution in [1.82, 2.24) is 4.31 Å². The van der Waals surface area contributed by atoms with Gasteiger partial charge in [0.1, 0.15) is 0 Å². The van der Waals surface area contributed by atoms with Gasteiger partial charge < -0.3 is 0 Å². The first-order chi connectivity index (χ1) is 5.52. The zero-order chi connectivity index (χ0) is 9.19. The van der Waals surface area contributed by atoms with E-state index in [4.69, 9.17) is 0 Å². The molecule has 1 rings (SSSR count). The summed E-state index contributed by atoms with van der Waals surface area (Å²) in [4.78, 5) is 0. The van der Waals surface area contributed by atoms with Crippen LogP contribution in [0.5, 0.6) is 0 Å². The number of allylic oxidation sites excluding steroid dienone is 4. The first-order valence-electron chi connectivity index (χ1n) is 3.81. The van der Waals surface area contributed by atoms with Gasteiger partial charge in [-0.15, -0.1) is 0 Å². The van der Waals surface area contributed by atoms with E-state index in [1.165, 1.54) is 10.6 Å². The maximum Gasteiger partial charge on any atom is 0.231 e. The monoisotopic (exact) mass is 187 g/mol. The number of hydrogen-bond donors (Lipinski definition) is 0. The van der Waals surface area contributed by atoms with Crippen molar-refractivity contribution in [3.63, 3.8) is 0 Å². The Morgan fingerprint density at radius 3 is 2.58 bits per heavy atom. The van der Waals surface area contributed by atoms with Gasteiger partial charge in [-0.1, -0.05) is 12.2 Å². The van der Waals surface area contributed by atoms with Gasteiger partial charge in [0.25, 0.3) is 0 Å². The van der Waals surface area contributed by atoms with E-state index in [9.17, 15) is 8.42 Å². The smallest absolute Gasteiger partial charge is 0.231 e. The van der Waals surface area contributed by atoms with E-state index < -0.39 is 10.0 Å². The van der Waals surface area contributed by atoms with Crippen LogP contribution in [0.25, 0.3) is 0 Å². The molecule has 0 aliphatic heterocycles. The molecule has 0 amide bonds. The highest BCUT2D eigenvalue weighted by molar-refractivity contribution is 7.88. The quantitative estimate of drug-likeness (QED) is 0.649. The Bertz CT molecular complexity index is 314. The Morgan fingerprint density at radius 2 is 2.17 bits per heavy atom. The Kier molecular flexibility index (Phi) is 2.57. The van der Waals surface area contributed by atoms with Crippen LogP contribution in [0.3, 0.4) is 0 Å². The second kappa shape index (κ2) is 3.31. The molecule has 1 aliphatic rings. The minimum atomic E-state index is -3.07. The average molecular weight is 187 g/mol. The van der Waals surface area contributed by atoms with Gasteiger partial charge >= 0.3 is 0 Å². The fraction of sp³-hybridized carbons (Fsp3) is 0.500. The van der Waals surface area contributed by atoms with Crippen molar-refractivity contribution in [2.45, 2.75) is 12.8 Å². The second-order valence-corrected chi connectivity index (χ2v) is 4.87. The third-order valence-electron chi connectivity index (χ3n) is 1.89. The summed E-state index contributed by atoms with van der Waals surface area (Å²) in [5.41, 5.74) is 0.861. The minimum Gasteiger partial charge on any atom is -0.277 e. The van der Waals surface area contributed by atoms with Gasteiger partial charge in [-0.3, -0.25) is 4.31 Å². The number of nitrogens with zero attached hydrogens (tertiary/aromatic N) is 1. The Labute approximate surface area is 73.4 Å². The van der Waals surface area contributed by atoms with Gasteiger partial charge in [-0.05, 0) is 18.9 Å². The SMILES string of the molecule is CN(C1=CC=CCC1)S(C)(=O)=O. The Balaban J connectivity index is 2.84. The molecule has 0 N–H and O–H groups in total. The normalized spacial score (nSPS) is 17.3. The molecule has 0 saturated heterocycles. The van der Waals surface area contributed by atoms with E-state index in [1.807, 2.05) is 18.2 Å². The molecule has 0 saturated carbocycles. The van der Waals surface area contributed by atoms with Gasteiger partial charge in [-0.25, -0.2) is 8.42 Å². The predicted molar refractivity (Wildman–Crippen MR) is 49.1 cm³/mol. The fourth-order valence-electron chi connectivity index (χ4n) is 1.07. The molecule has 68 valence electrons. The zero-order valence-electron chi connectivity index (χ0n) is 7.32. The Hall–Kier alpha value is -0.770. The van der Waals surface area contributed by atoms with Crippen molar-refractivity contribution >= 4 is 10.0 Å². The molecule has 12 heavy (non-hydrogen) atoms. The van der Waals surface area contributed by atoms with Crippen LogP contribution >= 0.6 is 0 Å². The van der Waals surface area contributed by atoms with Crippen molar-refractivity contribution in [3.05, 3.63) is 23.9 Å². The molecule has 4 heteroatoms. The van der Waals surface area contributed by atoms with Crippen molar-refractivity contribution in [1.29, 1.82) is 0 Å². The maximum atomic E-state index is 11.1. The van der Waals surface area contributed by atoms with E-state index in [1.54, 1.807) is 7.05 Å². The van der Waals surface area contributed by atoms with Crippen molar-refractivity contribution in [3.8, 4) is 0 Å². The molecule has 0 atom stereocenters. The van der Waals surface area contributed by atoms with E-state index in [0.29, 0.717) is 0 Å². The van der Waals surface area contributed by atoms with Crippen LogP contribution in [0.15, 0.2) is 23.9 Å². The van der Waals surface area contributed by atoms with E-state index >= 15 is 0 Å². The topological polar surface area (TPSA) is 37.4 Å². The van der Waals surface area contributed by atoms with Crippen LogP contribution in [0, 0.1) is 0 Å². The van der Waals surface area contributed by atoms with Crippen LogP contribution < -0.4 is 0 Å². The van der Waals surface area contributed by atoms with E-state index in [0.717, 1.165) is 18.5 Å². The minimum absolute atomic E-state index is 0.806. The summed E-state index contributed by atoms with van der Waals surface area (Å²) >= 11 is 0. The molecule has 0 aromatic carbocycles. The second-order valence-electron chi connectivity index (χ2n) is 2.86. The van der Waals surface area contributed by atoms with Crippen molar-refractivity contribution in [2.24, 2.45) is 0 Å². The highest BCUT2D eigenvalue weighted by Crippen LogP contribution is 2.16. The van der Waals surface area contributed by atoms with Crippen molar-refractivity contribution in [2.75, 3.05) is 13.3 Å². The lowest BCUT2D eigenvalue weighted by Crippen LogP contribution is -2.25. The summed E-state index contributed by atoms with van der Waals surface area (Å²) in [5, 5.41) is 0. The standard InChI is InChI=1S/C8H13NO2S/c1-9(12(2,10)11)8-6-4-3-5-7-8/h3-4,6H,5,7H2,1-2H3. The first-order valence-corrected chi connectivity index (χ1v) is 5.66. The van der Waals surface area contributed by atoms with Crippen LogP contribution in [0.2, 0.25) is 0 Å². The molecule has 0 aromatic rings. The zero-order valence-corrected chi connectivity index (χ0v) is 8.13. The van der Waals surface area contributed by atoms with Crippen LogP contribution in [-0.4, -0.2) is 26.0 Å². The summed E-state index contributed by atoms with van der Waals surface area (Å²) in [7, 11) is -1.49. The lowest BCUT2D eigenvalue weighted by molar-refractivity contribution is 0.518. The lowest BCUT2D eigenvalue weighted by atomic mass is 10.1. The van der Waals surface area contributed by atoms with Crippen LogP contribution in [-0.2, 0) is 10.0 Å². The summed E-state index contributed by atoms with van der Waals surface area (Å²) in [6.45, 7) is 0. The molecular weight excluding hydrogens is 174 g/mol. The number of rotatable bonds is 2. The molecule has 1 aliphatic carbocycles. The summed E-state index contributed by atoms with van der Waals surface area (Å²) in [6.07, 6.45) is 8.70. The molecule has 0 fully saturated rings. The molecule has 0 spiro atoms. The predicted octanol–water partition coefficient (Wildman–Crippen LogP) is 1.11. The van der Waals surface area contributed by atoms with E-state index in [2.05, 4.69) is 0 Å². The molecule has 0 radical (unpaired) electrons. The number of hydrogen-bond acceptors (Lipinski definition) is 2. The third kappa shape index (κ3) is 2.11. The van der Waals surface area contributed by atoms with Crippen molar-refractivity contribution < 1.29 is 8.42 Å².